The number of rotatable bonds is 3. The summed E-state index contributed by atoms with van der Waals surface area (Å²) in [5, 5.41) is 2.70. The lowest BCUT2D eigenvalue weighted by atomic mass is 10.2. The number of halogens is 5. The fourth-order valence-corrected chi connectivity index (χ4v) is 4.29. The molecule has 0 radical (unpaired) electrons. The van der Waals surface area contributed by atoms with E-state index in [1.807, 2.05) is 12.1 Å². The number of carbonyl (C=O) groups excluding carboxylic acids is 1. The average Bonchev–Trinajstić information content (AvgIpc) is 3.00. The maximum absolute atomic E-state index is 12.6. The van der Waals surface area contributed by atoms with Crippen LogP contribution in [0.4, 0.5) is 5.13 Å². The van der Waals surface area contributed by atoms with Crippen LogP contribution >= 0.6 is 69.3 Å². The van der Waals surface area contributed by atoms with Crippen molar-refractivity contribution in [1.29, 1.82) is 0 Å². The van der Waals surface area contributed by atoms with Gasteiger partial charge in [-0.15, -0.1) is 0 Å². The third-order valence-electron chi connectivity index (χ3n) is 3.26. The molecule has 0 saturated heterocycles. The Labute approximate surface area is 171 Å². The number of methoxy groups -OCH3 is 1. The highest BCUT2D eigenvalue weighted by atomic mass is 35.5. The summed E-state index contributed by atoms with van der Waals surface area (Å²) in [4.78, 5) is 17.0. The van der Waals surface area contributed by atoms with Crippen molar-refractivity contribution in [2.75, 3.05) is 12.4 Å². The Morgan fingerprint density at radius 3 is 2.24 bits per heavy atom. The number of benzene rings is 2. The molecule has 1 aromatic heterocycles. The molecule has 0 spiro atoms. The van der Waals surface area contributed by atoms with E-state index in [1.54, 1.807) is 13.2 Å². The second-order valence-electron chi connectivity index (χ2n) is 4.73. The molecule has 1 amide bonds. The van der Waals surface area contributed by atoms with Gasteiger partial charge in [0.05, 0.1) is 42.5 Å². The Kier molecular flexibility index (Phi) is 5.54. The maximum Gasteiger partial charge on any atom is 0.260 e. The first-order valence-electron chi connectivity index (χ1n) is 6.61. The van der Waals surface area contributed by atoms with Crippen molar-refractivity contribution < 1.29 is 9.53 Å². The van der Waals surface area contributed by atoms with E-state index in [9.17, 15) is 4.79 Å². The number of hydrogen-bond acceptors (Lipinski definition) is 4. The number of thiazole rings is 1. The standard InChI is InChI=1S/C15H7Cl5N2O2S/c1-24-5-3-2-4-6-13(5)21-15(25-6)22-14(23)7-8(16)10(18)12(20)11(19)9(7)17/h2-4H,1H3,(H,21,22,23). The van der Waals surface area contributed by atoms with Crippen molar-refractivity contribution in [3.8, 4) is 5.75 Å². The molecule has 2 aromatic carbocycles. The largest absolute Gasteiger partial charge is 0.494 e. The summed E-state index contributed by atoms with van der Waals surface area (Å²) in [6.45, 7) is 0. The van der Waals surface area contributed by atoms with Gasteiger partial charge < -0.3 is 4.74 Å². The van der Waals surface area contributed by atoms with E-state index in [1.165, 1.54) is 11.3 Å². The van der Waals surface area contributed by atoms with Crippen LogP contribution in [-0.4, -0.2) is 18.0 Å². The van der Waals surface area contributed by atoms with Crippen molar-refractivity contribution in [1.82, 2.24) is 4.98 Å². The zero-order valence-corrected chi connectivity index (χ0v) is 16.9. The van der Waals surface area contributed by atoms with Gasteiger partial charge in [-0.05, 0) is 12.1 Å². The van der Waals surface area contributed by atoms with Crippen LogP contribution in [0.5, 0.6) is 5.75 Å². The third-order valence-corrected chi connectivity index (χ3v) is 6.47. The molecule has 0 aliphatic heterocycles. The first-order valence-corrected chi connectivity index (χ1v) is 9.32. The number of nitrogens with one attached hydrogen (secondary N) is 1. The Hall–Kier alpha value is -0.950. The normalized spacial score (nSPS) is 11.0. The quantitative estimate of drug-likeness (QED) is 0.347. The second-order valence-corrected chi connectivity index (χ2v) is 7.65. The van der Waals surface area contributed by atoms with Crippen LogP contribution in [0.25, 0.3) is 10.2 Å². The highest BCUT2D eigenvalue weighted by Crippen LogP contribution is 2.44. The van der Waals surface area contributed by atoms with E-state index in [-0.39, 0.29) is 30.7 Å². The first-order chi connectivity index (χ1) is 11.8. The molecule has 3 aromatic rings. The predicted molar refractivity (Wildman–Crippen MR) is 106 cm³/mol. The lowest BCUT2D eigenvalue weighted by Crippen LogP contribution is -2.13. The van der Waals surface area contributed by atoms with Crippen LogP contribution in [0.15, 0.2) is 18.2 Å². The summed E-state index contributed by atoms with van der Waals surface area (Å²) in [6, 6.07) is 5.47. The van der Waals surface area contributed by atoms with Crippen LogP contribution < -0.4 is 10.1 Å². The summed E-state index contributed by atoms with van der Waals surface area (Å²) in [5.41, 5.74) is 0.559. The van der Waals surface area contributed by atoms with Gasteiger partial charge in [0.2, 0.25) is 0 Å². The highest BCUT2D eigenvalue weighted by Gasteiger charge is 2.25. The van der Waals surface area contributed by atoms with Crippen molar-refractivity contribution in [3.63, 3.8) is 0 Å². The van der Waals surface area contributed by atoms with Crippen molar-refractivity contribution in [2.24, 2.45) is 0 Å². The zero-order valence-electron chi connectivity index (χ0n) is 12.3. The first kappa shape index (κ1) is 18.8. The Morgan fingerprint density at radius 1 is 1.04 bits per heavy atom. The van der Waals surface area contributed by atoms with Crippen molar-refractivity contribution in [3.05, 3.63) is 48.9 Å². The lowest BCUT2D eigenvalue weighted by molar-refractivity contribution is 0.102. The van der Waals surface area contributed by atoms with E-state index < -0.39 is 5.91 Å². The molecule has 25 heavy (non-hydrogen) atoms. The number of hydrogen-bond donors (Lipinski definition) is 1. The van der Waals surface area contributed by atoms with Gasteiger partial charge in [-0.1, -0.05) is 75.4 Å². The zero-order chi connectivity index (χ0) is 18.3. The molecule has 0 fully saturated rings. The predicted octanol–water partition coefficient (Wildman–Crippen LogP) is 6.82. The van der Waals surface area contributed by atoms with Gasteiger partial charge in [-0.25, -0.2) is 4.98 Å². The molecule has 4 nitrogen and oxygen atoms in total. The fraction of sp³-hybridized carbons (Fsp3) is 0.0667. The van der Waals surface area contributed by atoms with Crippen LogP contribution in [-0.2, 0) is 0 Å². The number of nitrogens with zero attached hydrogens (tertiary/aromatic N) is 1. The Bertz CT molecular complexity index is 976. The highest BCUT2D eigenvalue weighted by molar-refractivity contribution is 7.22. The van der Waals surface area contributed by atoms with Gasteiger partial charge in [0.15, 0.2) is 5.13 Å². The monoisotopic (exact) mass is 454 g/mol. The minimum atomic E-state index is -0.603. The van der Waals surface area contributed by atoms with E-state index >= 15 is 0 Å². The molecule has 0 aliphatic rings. The van der Waals surface area contributed by atoms with Crippen molar-refractivity contribution >= 4 is 90.6 Å². The third kappa shape index (κ3) is 3.37. The van der Waals surface area contributed by atoms with Crippen LogP contribution in [0, 0.1) is 0 Å². The van der Waals surface area contributed by atoms with E-state index in [0.29, 0.717) is 16.4 Å². The molecule has 0 bridgehead atoms. The van der Waals surface area contributed by atoms with Gasteiger partial charge >= 0.3 is 0 Å². The summed E-state index contributed by atoms with van der Waals surface area (Å²) in [7, 11) is 1.55. The minimum absolute atomic E-state index is 0.0143. The molecular formula is C15H7Cl5N2O2S. The summed E-state index contributed by atoms with van der Waals surface area (Å²) in [5.74, 6) is -0.00335. The molecule has 3 rings (SSSR count). The van der Waals surface area contributed by atoms with E-state index in [2.05, 4.69) is 10.3 Å². The van der Waals surface area contributed by atoms with Crippen LogP contribution in [0.2, 0.25) is 25.1 Å². The molecule has 1 N–H and O–H groups in total. The molecule has 0 aliphatic carbocycles. The summed E-state index contributed by atoms with van der Waals surface area (Å²) >= 11 is 31.4. The Morgan fingerprint density at radius 2 is 1.64 bits per heavy atom. The topological polar surface area (TPSA) is 51.2 Å². The molecule has 130 valence electrons. The maximum atomic E-state index is 12.6. The number of ether oxygens (including phenoxy) is 1. The number of carbonyl (C=O) groups is 1. The SMILES string of the molecule is COc1cccc2sc(NC(=O)c3c(Cl)c(Cl)c(Cl)c(Cl)c3Cl)nc12. The summed E-state index contributed by atoms with van der Waals surface area (Å²) in [6.07, 6.45) is 0. The van der Waals surface area contributed by atoms with Crippen LogP contribution in [0.3, 0.4) is 0 Å². The van der Waals surface area contributed by atoms with Gasteiger partial charge in [0, 0.05) is 0 Å². The molecule has 0 saturated carbocycles. The molecule has 0 atom stereocenters. The number of aromatic nitrogens is 1. The number of amides is 1. The van der Waals surface area contributed by atoms with Crippen LogP contribution in [0.1, 0.15) is 10.4 Å². The fourth-order valence-electron chi connectivity index (χ4n) is 2.11. The van der Waals surface area contributed by atoms with Gasteiger partial charge in [-0.3, -0.25) is 10.1 Å². The molecule has 1 heterocycles. The summed E-state index contributed by atoms with van der Waals surface area (Å²) < 4.78 is 6.10. The minimum Gasteiger partial charge on any atom is -0.494 e. The Balaban J connectivity index is 2.01. The number of fused-ring (bicyclic) bond motifs is 1. The molecular weight excluding hydrogens is 450 g/mol. The van der Waals surface area contributed by atoms with Gasteiger partial charge in [0.1, 0.15) is 11.3 Å². The smallest absolute Gasteiger partial charge is 0.260 e. The van der Waals surface area contributed by atoms with E-state index in [4.69, 9.17) is 62.7 Å². The van der Waals surface area contributed by atoms with Gasteiger partial charge in [0.25, 0.3) is 5.91 Å². The average molecular weight is 457 g/mol. The van der Waals surface area contributed by atoms with E-state index in [0.717, 1.165) is 4.70 Å². The molecule has 0 unspecified atom stereocenters. The van der Waals surface area contributed by atoms with Crippen molar-refractivity contribution in [2.45, 2.75) is 0 Å². The second kappa shape index (κ2) is 7.35. The lowest BCUT2D eigenvalue weighted by Gasteiger charge is -2.11. The molecule has 10 heteroatoms. The number of anilines is 1. The number of para-hydroxylation sites is 1. The van der Waals surface area contributed by atoms with Gasteiger partial charge in [-0.2, -0.15) is 0 Å².